The van der Waals surface area contributed by atoms with Gasteiger partial charge in [-0.1, -0.05) is 6.92 Å². The van der Waals surface area contributed by atoms with Crippen LogP contribution in [-0.4, -0.2) is 21.0 Å². The van der Waals surface area contributed by atoms with Crippen LogP contribution in [0.15, 0.2) is 23.1 Å². The average molecular weight is 271 g/mol. The van der Waals surface area contributed by atoms with E-state index in [-0.39, 0.29) is 10.6 Å². The Bertz CT molecular complexity index is 514. The van der Waals surface area contributed by atoms with Gasteiger partial charge in [0.2, 0.25) is 10.0 Å². The molecule has 0 spiro atoms. The lowest BCUT2D eigenvalue weighted by atomic mass is 10.1. The van der Waals surface area contributed by atoms with Gasteiger partial charge in [-0.15, -0.1) is 0 Å². The summed E-state index contributed by atoms with van der Waals surface area (Å²) >= 11 is 0. The van der Waals surface area contributed by atoms with E-state index in [1.54, 1.807) is 12.1 Å². The molecule has 1 unspecified atom stereocenters. The molecule has 0 amide bonds. The second kappa shape index (κ2) is 5.58. The fourth-order valence-electron chi connectivity index (χ4n) is 1.94. The molecule has 1 atom stereocenters. The van der Waals surface area contributed by atoms with Crippen LogP contribution in [0.3, 0.4) is 0 Å². The molecule has 0 fully saturated rings. The molecule has 1 aromatic carbocycles. The number of hydrogen-bond acceptors (Lipinski definition) is 4. The van der Waals surface area contributed by atoms with Gasteiger partial charge in [0.05, 0.1) is 5.69 Å². The molecule has 0 radical (unpaired) electrons. The van der Waals surface area contributed by atoms with E-state index in [0.29, 0.717) is 6.04 Å². The number of nitrogens with zero attached hydrogens (tertiary/aromatic N) is 1. The zero-order valence-electron chi connectivity index (χ0n) is 11.1. The number of nitrogens with two attached hydrogens (primary N) is 2. The van der Waals surface area contributed by atoms with E-state index in [4.69, 9.17) is 10.9 Å². The van der Waals surface area contributed by atoms with Crippen LogP contribution in [-0.2, 0) is 10.0 Å². The molecule has 0 bridgehead atoms. The first-order chi connectivity index (χ1) is 8.31. The van der Waals surface area contributed by atoms with Crippen LogP contribution in [0, 0.1) is 0 Å². The summed E-state index contributed by atoms with van der Waals surface area (Å²) < 4.78 is 22.6. The Morgan fingerprint density at radius 3 is 2.33 bits per heavy atom. The van der Waals surface area contributed by atoms with Crippen LogP contribution >= 0.6 is 0 Å². The highest BCUT2D eigenvalue weighted by Crippen LogP contribution is 2.25. The zero-order valence-corrected chi connectivity index (χ0v) is 11.9. The van der Waals surface area contributed by atoms with E-state index in [1.807, 2.05) is 0 Å². The Morgan fingerprint density at radius 2 is 1.94 bits per heavy atom. The molecule has 0 saturated carbocycles. The molecule has 0 aliphatic rings. The van der Waals surface area contributed by atoms with E-state index in [9.17, 15) is 8.42 Å². The van der Waals surface area contributed by atoms with Crippen molar-refractivity contribution in [3.63, 3.8) is 0 Å². The van der Waals surface area contributed by atoms with E-state index in [2.05, 4.69) is 25.7 Å². The summed E-state index contributed by atoms with van der Waals surface area (Å²) in [6.45, 7) is 7.11. The normalized spacial score (nSPS) is 13.3. The highest BCUT2D eigenvalue weighted by atomic mass is 32.2. The molecule has 0 aliphatic carbocycles. The molecule has 1 aromatic rings. The lowest BCUT2D eigenvalue weighted by molar-refractivity contribution is 0.598. The molecule has 4 N–H and O–H groups in total. The summed E-state index contributed by atoms with van der Waals surface area (Å²) in [5.41, 5.74) is 6.86. The summed E-state index contributed by atoms with van der Waals surface area (Å²) in [4.78, 5) is 2.15. The number of nitrogen functional groups attached to an aromatic ring is 1. The van der Waals surface area contributed by atoms with Crippen molar-refractivity contribution in [2.75, 3.05) is 17.2 Å². The molecule has 0 aliphatic heterocycles. The predicted molar refractivity (Wildman–Crippen MR) is 75.0 cm³/mol. The van der Waals surface area contributed by atoms with Crippen molar-refractivity contribution in [2.45, 2.75) is 38.1 Å². The standard InChI is InChI=1S/C12H21N3O2S/c1-4-9(3)15(5-2)10-6-7-12(11(13)8-10)18(14,16)17/h6-9H,4-5,13H2,1-3H3,(H2,14,16,17). The molecular weight excluding hydrogens is 250 g/mol. The molecule has 0 aromatic heterocycles. The largest absolute Gasteiger partial charge is 0.398 e. The van der Waals surface area contributed by atoms with Gasteiger partial charge in [0.15, 0.2) is 0 Å². The van der Waals surface area contributed by atoms with E-state index in [0.717, 1.165) is 18.7 Å². The predicted octanol–water partition coefficient (Wildman–Crippen LogP) is 1.54. The van der Waals surface area contributed by atoms with Crippen LogP contribution in [0.2, 0.25) is 0 Å². The van der Waals surface area contributed by atoms with E-state index >= 15 is 0 Å². The van der Waals surface area contributed by atoms with Gasteiger partial charge >= 0.3 is 0 Å². The molecule has 18 heavy (non-hydrogen) atoms. The smallest absolute Gasteiger partial charge is 0.240 e. The SMILES string of the molecule is CCC(C)N(CC)c1ccc(S(N)(=O)=O)c(N)c1. The third-order valence-electron chi connectivity index (χ3n) is 3.10. The molecular formula is C12H21N3O2S. The zero-order chi connectivity index (χ0) is 13.9. The fraction of sp³-hybridized carbons (Fsp3) is 0.500. The summed E-state index contributed by atoms with van der Waals surface area (Å²) in [6.07, 6.45) is 1.00. The van der Waals surface area contributed by atoms with Crippen molar-refractivity contribution in [1.82, 2.24) is 0 Å². The van der Waals surface area contributed by atoms with Crippen LogP contribution in [0.5, 0.6) is 0 Å². The molecule has 1 rings (SSSR count). The third kappa shape index (κ3) is 3.14. The molecule has 5 nitrogen and oxygen atoms in total. The van der Waals surface area contributed by atoms with Gasteiger partial charge in [-0.3, -0.25) is 0 Å². The Morgan fingerprint density at radius 1 is 1.33 bits per heavy atom. The van der Waals surface area contributed by atoms with Gasteiger partial charge in [-0.05, 0) is 38.5 Å². The summed E-state index contributed by atoms with van der Waals surface area (Å²) in [7, 11) is -3.75. The number of hydrogen-bond donors (Lipinski definition) is 2. The maximum atomic E-state index is 11.3. The summed E-state index contributed by atoms with van der Waals surface area (Å²) in [5.74, 6) is 0. The fourth-order valence-corrected chi connectivity index (χ4v) is 2.59. The van der Waals surface area contributed by atoms with Gasteiger partial charge in [-0.2, -0.15) is 0 Å². The lowest BCUT2D eigenvalue weighted by Gasteiger charge is -2.29. The Hall–Kier alpha value is -1.27. The van der Waals surface area contributed by atoms with Gasteiger partial charge in [-0.25, -0.2) is 13.6 Å². The van der Waals surface area contributed by atoms with Crippen LogP contribution in [0.25, 0.3) is 0 Å². The molecule has 102 valence electrons. The first kappa shape index (κ1) is 14.8. The van der Waals surface area contributed by atoms with Gasteiger partial charge in [0, 0.05) is 18.3 Å². The highest BCUT2D eigenvalue weighted by Gasteiger charge is 2.16. The molecule has 6 heteroatoms. The maximum Gasteiger partial charge on any atom is 0.240 e. The lowest BCUT2D eigenvalue weighted by Crippen LogP contribution is -2.32. The van der Waals surface area contributed by atoms with Crippen molar-refractivity contribution < 1.29 is 8.42 Å². The Kier molecular flexibility index (Phi) is 4.59. The maximum absolute atomic E-state index is 11.3. The topological polar surface area (TPSA) is 89.4 Å². The van der Waals surface area contributed by atoms with Gasteiger partial charge in [0.25, 0.3) is 0 Å². The number of sulfonamides is 1. The average Bonchev–Trinajstić information content (AvgIpc) is 2.28. The van der Waals surface area contributed by atoms with Gasteiger partial charge < -0.3 is 10.6 Å². The van der Waals surface area contributed by atoms with Crippen molar-refractivity contribution >= 4 is 21.4 Å². The van der Waals surface area contributed by atoms with Crippen molar-refractivity contribution in [1.29, 1.82) is 0 Å². The second-order valence-electron chi connectivity index (χ2n) is 4.31. The highest BCUT2D eigenvalue weighted by molar-refractivity contribution is 7.89. The minimum Gasteiger partial charge on any atom is -0.398 e. The summed E-state index contributed by atoms with van der Waals surface area (Å²) in [6, 6.07) is 5.24. The quantitative estimate of drug-likeness (QED) is 0.795. The Balaban J connectivity index is 3.18. The number of rotatable bonds is 5. The number of anilines is 2. The molecule has 0 heterocycles. The third-order valence-corrected chi connectivity index (χ3v) is 4.08. The van der Waals surface area contributed by atoms with Crippen LogP contribution < -0.4 is 15.8 Å². The van der Waals surface area contributed by atoms with Crippen molar-refractivity contribution in [2.24, 2.45) is 5.14 Å². The first-order valence-electron chi connectivity index (χ1n) is 6.00. The summed E-state index contributed by atoms with van der Waals surface area (Å²) in [5, 5.41) is 5.08. The second-order valence-corrected chi connectivity index (χ2v) is 5.84. The van der Waals surface area contributed by atoms with E-state index in [1.165, 1.54) is 6.07 Å². The van der Waals surface area contributed by atoms with E-state index < -0.39 is 10.0 Å². The van der Waals surface area contributed by atoms with Gasteiger partial charge in [0.1, 0.15) is 4.90 Å². The minimum absolute atomic E-state index is 0.0218. The van der Waals surface area contributed by atoms with Crippen molar-refractivity contribution in [3.05, 3.63) is 18.2 Å². The van der Waals surface area contributed by atoms with Crippen LogP contribution in [0.4, 0.5) is 11.4 Å². The number of primary sulfonamides is 1. The molecule has 0 saturated heterocycles. The minimum atomic E-state index is -3.75. The number of benzene rings is 1. The Labute approximate surface area is 109 Å². The van der Waals surface area contributed by atoms with Crippen LogP contribution in [0.1, 0.15) is 27.2 Å². The first-order valence-corrected chi connectivity index (χ1v) is 7.54. The monoisotopic (exact) mass is 271 g/mol. The van der Waals surface area contributed by atoms with Crippen molar-refractivity contribution in [3.8, 4) is 0 Å².